The summed E-state index contributed by atoms with van der Waals surface area (Å²) in [5.74, 6) is 1.65. The molecular weight excluding hydrogens is 366 g/mol. The molecule has 0 atom stereocenters. The fourth-order valence-corrected chi connectivity index (χ4v) is 2.81. The molecule has 0 fully saturated rings. The van der Waals surface area contributed by atoms with E-state index in [1.54, 1.807) is 6.26 Å². The molecule has 0 spiro atoms. The Balaban J connectivity index is 1.39. The van der Waals surface area contributed by atoms with Crippen LogP contribution in [0, 0.1) is 0 Å². The Morgan fingerprint density at radius 1 is 1.14 bits per heavy atom. The lowest BCUT2D eigenvalue weighted by atomic mass is 10.2. The quantitative estimate of drug-likeness (QED) is 0.296. The summed E-state index contributed by atoms with van der Waals surface area (Å²) in [4.78, 5) is 4.65. The number of hydrogen-bond donors (Lipinski definition) is 2. The van der Waals surface area contributed by atoms with Gasteiger partial charge in [-0.2, -0.15) is 5.10 Å². The van der Waals surface area contributed by atoms with Crippen molar-refractivity contribution in [2.45, 2.75) is 33.0 Å². The first kappa shape index (κ1) is 20.7. The minimum absolute atomic E-state index is 0.508. The van der Waals surface area contributed by atoms with Crippen molar-refractivity contribution in [1.29, 1.82) is 0 Å². The summed E-state index contributed by atoms with van der Waals surface area (Å²) in [5, 5.41) is 11.0. The summed E-state index contributed by atoms with van der Waals surface area (Å²) in [6, 6.07) is 14.1. The van der Waals surface area contributed by atoms with Crippen molar-refractivity contribution in [2.24, 2.45) is 4.99 Å². The zero-order chi connectivity index (χ0) is 20.2. The minimum atomic E-state index is 0.508. The van der Waals surface area contributed by atoms with Crippen LogP contribution in [0.1, 0.15) is 30.2 Å². The van der Waals surface area contributed by atoms with Crippen molar-refractivity contribution in [3.8, 4) is 0 Å². The molecular formula is C22H29N5O2. The van der Waals surface area contributed by atoms with Crippen LogP contribution in [-0.4, -0.2) is 35.4 Å². The molecule has 3 rings (SSSR count). The van der Waals surface area contributed by atoms with Gasteiger partial charge in [-0.3, -0.25) is 4.68 Å². The summed E-state index contributed by atoms with van der Waals surface area (Å²) in [7, 11) is 0. The zero-order valence-electron chi connectivity index (χ0n) is 16.9. The molecule has 2 aromatic heterocycles. The van der Waals surface area contributed by atoms with Gasteiger partial charge in [0.2, 0.25) is 0 Å². The van der Waals surface area contributed by atoms with Crippen molar-refractivity contribution in [3.63, 3.8) is 0 Å². The smallest absolute Gasteiger partial charge is 0.191 e. The molecule has 0 radical (unpaired) electrons. The molecule has 0 saturated carbocycles. The van der Waals surface area contributed by atoms with Gasteiger partial charge in [0.1, 0.15) is 12.4 Å². The van der Waals surface area contributed by atoms with Crippen molar-refractivity contribution in [1.82, 2.24) is 20.4 Å². The highest BCUT2D eigenvalue weighted by Gasteiger charge is 2.02. The lowest BCUT2D eigenvalue weighted by Crippen LogP contribution is -2.38. The average molecular weight is 396 g/mol. The molecule has 7 heteroatoms. The maximum Gasteiger partial charge on any atom is 0.191 e. The molecule has 0 amide bonds. The third kappa shape index (κ3) is 7.46. The Morgan fingerprint density at radius 3 is 2.83 bits per heavy atom. The SMILES string of the molecule is CCNC(=NCc1cnn(Cc2ccccc2)c1)NCCCOCc1ccco1. The highest BCUT2D eigenvalue weighted by atomic mass is 16.5. The van der Waals surface area contributed by atoms with Gasteiger partial charge >= 0.3 is 0 Å². The third-order valence-electron chi connectivity index (χ3n) is 4.22. The number of ether oxygens (including phenoxy) is 1. The molecule has 2 N–H and O–H groups in total. The third-order valence-corrected chi connectivity index (χ3v) is 4.22. The largest absolute Gasteiger partial charge is 0.467 e. The lowest BCUT2D eigenvalue weighted by Gasteiger charge is -2.11. The number of benzene rings is 1. The molecule has 0 aliphatic heterocycles. The van der Waals surface area contributed by atoms with E-state index in [1.165, 1.54) is 5.56 Å². The second-order valence-corrected chi connectivity index (χ2v) is 6.64. The van der Waals surface area contributed by atoms with Crippen LogP contribution in [0.2, 0.25) is 0 Å². The van der Waals surface area contributed by atoms with Crippen LogP contribution in [0.3, 0.4) is 0 Å². The van der Waals surface area contributed by atoms with Gasteiger partial charge in [0.25, 0.3) is 0 Å². The number of furan rings is 1. The van der Waals surface area contributed by atoms with Crippen LogP contribution in [0.15, 0.2) is 70.5 Å². The van der Waals surface area contributed by atoms with Crippen LogP contribution >= 0.6 is 0 Å². The van der Waals surface area contributed by atoms with Gasteiger partial charge in [0, 0.05) is 31.5 Å². The van der Waals surface area contributed by atoms with Gasteiger partial charge < -0.3 is 19.8 Å². The van der Waals surface area contributed by atoms with Crippen molar-refractivity contribution in [3.05, 3.63) is 78.0 Å². The topological polar surface area (TPSA) is 76.6 Å². The maximum absolute atomic E-state index is 5.60. The Hall–Kier alpha value is -3.06. The van der Waals surface area contributed by atoms with Gasteiger partial charge in [-0.25, -0.2) is 4.99 Å². The van der Waals surface area contributed by atoms with Crippen molar-refractivity contribution >= 4 is 5.96 Å². The number of nitrogens with one attached hydrogen (secondary N) is 2. The first-order chi connectivity index (χ1) is 14.3. The number of rotatable bonds is 11. The lowest BCUT2D eigenvalue weighted by molar-refractivity contribution is 0.105. The van der Waals surface area contributed by atoms with E-state index in [0.717, 1.165) is 43.3 Å². The Labute approximate surface area is 171 Å². The van der Waals surface area contributed by atoms with E-state index in [2.05, 4.69) is 39.8 Å². The monoisotopic (exact) mass is 395 g/mol. The molecule has 29 heavy (non-hydrogen) atoms. The second kappa shape index (κ2) is 11.7. The van der Waals surface area contributed by atoms with Gasteiger partial charge in [0.15, 0.2) is 5.96 Å². The van der Waals surface area contributed by atoms with E-state index >= 15 is 0 Å². The molecule has 0 bridgehead atoms. The molecule has 3 aromatic rings. The molecule has 0 saturated heterocycles. The summed E-state index contributed by atoms with van der Waals surface area (Å²) < 4.78 is 12.8. The van der Waals surface area contributed by atoms with Crippen LogP contribution < -0.4 is 10.6 Å². The number of aliphatic imine (C=N–C) groups is 1. The van der Waals surface area contributed by atoms with E-state index < -0.39 is 0 Å². The maximum atomic E-state index is 5.60. The molecule has 0 unspecified atom stereocenters. The van der Waals surface area contributed by atoms with E-state index in [9.17, 15) is 0 Å². The standard InChI is InChI=1S/C22H29N5O2/c1-2-23-22(24-11-7-12-28-18-21-10-6-13-29-21)25-14-20-15-26-27(17-20)16-19-8-4-3-5-9-19/h3-6,8-10,13,15,17H,2,7,11-12,14,16,18H2,1H3,(H2,23,24,25). The van der Waals surface area contributed by atoms with E-state index in [4.69, 9.17) is 9.15 Å². The van der Waals surface area contributed by atoms with Crippen LogP contribution in [-0.2, 0) is 24.4 Å². The fourth-order valence-electron chi connectivity index (χ4n) is 2.81. The molecule has 2 heterocycles. The predicted octanol–water partition coefficient (Wildman–Crippen LogP) is 3.19. The molecule has 154 valence electrons. The van der Waals surface area contributed by atoms with Gasteiger partial charge in [-0.15, -0.1) is 0 Å². The van der Waals surface area contributed by atoms with E-state index in [0.29, 0.717) is 19.8 Å². The first-order valence-corrected chi connectivity index (χ1v) is 10.0. The van der Waals surface area contributed by atoms with Crippen LogP contribution in [0.5, 0.6) is 0 Å². The van der Waals surface area contributed by atoms with E-state index in [1.807, 2.05) is 47.4 Å². The highest BCUT2D eigenvalue weighted by Crippen LogP contribution is 2.05. The summed E-state index contributed by atoms with van der Waals surface area (Å²) in [6.07, 6.45) is 6.46. The molecule has 0 aliphatic rings. The van der Waals surface area contributed by atoms with Crippen LogP contribution in [0.4, 0.5) is 0 Å². The van der Waals surface area contributed by atoms with Gasteiger partial charge in [-0.05, 0) is 31.0 Å². The average Bonchev–Trinajstić information content (AvgIpc) is 3.41. The zero-order valence-corrected chi connectivity index (χ0v) is 16.9. The fraction of sp³-hybridized carbons (Fsp3) is 0.364. The second-order valence-electron chi connectivity index (χ2n) is 6.64. The number of nitrogens with zero attached hydrogens (tertiary/aromatic N) is 3. The minimum Gasteiger partial charge on any atom is -0.467 e. The van der Waals surface area contributed by atoms with Crippen LogP contribution in [0.25, 0.3) is 0 Å². The van der Waals surface area contributed by atoms with Gasteiger partial charge in [-0.1, -0.05) is 30.3 Å². The van der Waals surface area contributed by atoms with Crippen molar-refractivity contribution in [2.75, 3.05) is 19.7 Å². The van der Waals surface area contributed by atoms with Gasteiger partial charge in [0.05, 0.1) is 25.5 Å². The Bertz CT molecular complexity index is 843. The normalized spacial score (nSPS) is 11.6. The summed E-state index contributed by atoms with van der Waals surface area (Å²) in [5.41, 5.74) is 2.31. The Kier molecular flexibility index (Phi) is 8.34. The summed E-state index contributed by atoms with van der Waals surface area (Å²) >= 11 is 0. The number of guanidine groups is 1. The van der Waals surface area contributed by atoms with Crippen molar-refractivity contribution < 1.29 is 9.15 Å². The predicted molar refractivity (Wildman–Crippen MR) is 114 cm³/mol. The molecule has 7 nitrogen and oxygen atoms in total. The Morgan fingerprint density at radius 2 is 2.03 bits per heavy atom. The summed E-state index contributed by atoms with van der Waals surface area (Å²) in [6.45, 7) is 6.18. The molecule has 0 aliphatic carbocycles. The first-order valence-electron chi connectivity index (χ1n) is 10.0. The molecule has 1 aromatic carbocycles. The highest BCUT2D eigenvalue weighted by molar-refractivity contribution is 5.79. The number of aromatic nitrogens is 2. The number of hydrogen-bond acceptors (Lipinski definition) is 4. The van der Waals surface area contributed by atoms with E-state index in [-0.39, 0.29) is 0 Å².